The van der Waals surface area contributed by atoms with Crippen LogP contribution in [0.25, 0.3) is 0 Å². The molecule has 0 amide bonds. The highest BCUT2D eigenvalue weighted by atomic mass is 35.5. The molecule has 1 rings (SSSR count). The first-order chi connectivity index (χ1) is 6.61. The van der Waals surface area contributed by atoms with Crippen molar-refractivity contribution < 1.29 is 9.18 Å². The number of hydrogen-bond donors (Lipinski definition) is 0. The molecular weight excluding hydrogens is 203 g/mol. The Bertz CT molecular complexity index is 325. The number of halogens is 2. The number of rotatable bonds is 4. The van der Waals surface area contributed by atoms with Crippen LogP contribution in [-0.4, -0.2) is 5.78 Å². The molecule has 1 aromatic carbocycles. The van der Waals surface area contributed by atoms with Crippen molar-refractivity contribution in [1.29, 1.82) is 0 Å². The Balaban J connectivity index is 2.65. The molecule has 0 aliphatic heterocycles. The van der Waals surface area contributed by atoms with Crippen molar-refractivity contribution in [2.45, 2.75) is 25.1 Å². The van der Waals surface area contributed by atoms with Gasteiger partial charge in [0.05, 0.1) is 5.38 Å². The lowest BCUT2D eigenvalue weighted by atomic mass is 10.1. The monoisotopic (exact) mass is 214 g/mol. The maximum absolute atomic E-state index is 13.2. The van der Waals surface area contributed by atoms with Gasteiger partial charge in [0.1, 0.15) is 11.6 Å². The molecule has 76 valence electrons. The van der Waals surface area contributed by atoms with E-state index < -0.39 is 5.38 Å². The molecule has 0 saturated carbocycles. The van der Waals surface area contributed by atoms with Crippen LogP contribution >= 0.6 is 11.6 Å². The van der Waals surface area contributed by atoms with E-state index in [4.69, 9.17) is 11.6 Å². The average molecular weight is 215 g/mol. The first kappa shape index (κ1) is 11.2. The lowest BCUT2D eigenvalue weighted by Crippen LogP contribution is -1.98. The minimum Gasteiger partial charge on any atom is -0.300 e. The van der Waals surface area contributed by atoms with Gasteiger partial charge in [-0.25, -0.2) is 4.39 Å². The van der Waals surface area contributed by atoms with Gasteiger partial charge in [0.25, 0.3) is 0 Å². The van der Waals surface area contributed by atoms with Gasteiger partial charge in [-0.3, -0.25) is 0 Å². The summed E-state index contributed by atoms with van der Waals surface area (Å²) in [6.45, 7) is 1.50. The fourth-order valence-electron chi connectivity index (χ4n) is 1.21. The Hall–Kier alpha value is -0.890. The van der Waals surface area contributed by atoms with Crippen molar-refractivity contribution in [1.82, 2.24) is 0 Å². The summed E-state index contributed by atoms with van der Waals surface area (Å²) in [5.41, 5.74) is 0.468. The molecule has 1 unspecified atom stereocenters. The van der Waals surface area contributed by atoms with Gasteiger partial charge in [-0.05, 0) is 19.4 Å². The molecule has 0 aromatic heterocycles. The molecule has 0 N–H and O–H groups in total. The second-order valence-corrected chi connectivity index (χ2v) is 3.76. The van der Waals surface area contributed by atoms with E-state index in [9.17, 15) is 9.18 Å². The van der Waals surface area contributed by atoms with Crippen molar-refractivity contribution in [3.63, 3.8) is 0 Å². The smallest absolute Gasteiger partial charge is 0.129 e. The molecule has 0 saturated heterocycles. The van der Waals surface area contributed by atoms with E-state index in [0.717, 1.165) is 0 Å². The van der Waals surface area contributed by atoms with Crippen molar-refractivity contribution in [2.75, 3.05) is 0 Å². The predicted molar refractivity (Wildman–Crippen MR) is 54.9 cm³/mol. The first-order valence-corrected chi connectivity index (χ1v) is 4.93. The Morgan fingerprint density at radius 2 is 2.14 bits per heavy atom. The van der Waals surface area contributed by atoms with Gasteiger partial charge in [-0.2, -0.15) is 0 Å². The van der Waals surface area contributed by atoms with Crippen LogP contribution in [0.15, 0.2) is 24.3 Å². The lowest BCUT2D eigenvalue weighted by molar-refractivity contribution is -0.117. The average Bonchev–Trinajstić information content (AvgIpc) is 2.15. The Labute approximate surface area is 87.9 Å². The number of hydrogen-bond acceptors (Lipinski definition) is 1. The lowest BCUT2D eigenvalue weighted by Gasteiger charge is -2.09. The number of carbonyl (C=O) groups excluding carboxylic acids is 1. The SMILES string of the molecule is CC(=O)CCC(Cl)c1ccccc1F. The Morgan fingerprint density at radius 3 is 2.71 bits per heavy atom. The number of benzene rings is 1. The van der Waals surface area contributed by atoms with E-state index >= 15 is 0 Å². The zero-order valence-electron chi connectivity index (χ0n) is 7.97. The number of alkyl halides is 1. The minimum absolute atomic E-state index is 0.0759. The van der Waals surface area contributed by atoms with Gasteiger partial charge in [0.15, 0.2) is 0 Å². The highest BCUT2D eigenvalue weighted by molar-refractivity contribution is 6.20. The van der Waals surface area contributed by atoms with E-state index in [2.05, 4.69) is 0 Å². The van der Waals surface area contributed by atoms with Crippen molar-refractivity contribution in [2.24, 2.45) is 0 Å². The zero-order valence-corrected chi connectivity index (χ0v) is 8.72. The maximum Gasteiger partial charge on any atom is 0.129 e. The van der Waals surface area contributed by atoms with Crippen molar-refractivity contribution in [3.05, 3.63) is 35.6 Å². The molecule has 1 aromatic rings. The predicted octanol–water partition coefficient (Wildman–Crippen LogP) is 3.47. The molecule has 0 radical (unpaired) electrons. The quantitative estimate of drug-likeness (QED) is 0.702. The molecule has 0 spiro atoms. The van der Waals surface area contributed by atoms with Crippen LogP contribution in [0.1, 0.15) is 30.7 Å². The van der Waals surface area contributed by atoms with Crippen LogP contribution < -0.4 is 0 Å². The zero-order chi connectivity index (χ0) is 10.6. The fourth-order valence-corrected chi connectivity index (χ4v) is 1.50. The summed E-state index contributed by atoms with van der Waals surface area (Å²) in [7, 11) is 0. The van der Waals surface area contributed by atoms with Gasteiger partial charge in [-0.15, -0.1) is 11.6 Å². The molecule has 0 aliphatic rings. The molecule has 1 nitrogen and oxygen atoms in total. The molecular formula is C11H12ClFO. The minimum atomic E-state index is -0.417. The van der Waals surface area contributed by atoms with Crippen LogP contribution in [0.5, 0.6) is 0 Å². The largest absolute Gasteiger partial charge is 0.300 e. The third kappa shape index (κ3) is 3.11. The van der Waals surface area contributed by atoms with E-state index in [1.807, 2.05) is 0 Å². The first-order valence-electron chi connectivity index (χ1n) is 4.49. The van der Waals surface area contributed by atoms with Gasteiger partial charge in [0, 0.05) is 12.0 Å². The highest BCUT2D eigenvalue weighted by Gasteiger charge is 2.12. The van der Waals surface area contributed by atoms with E-state index in [-0.39, 0.29) is 11.6 Å². The summed E-state index contributed by atoms with van der Waals surface area (Å²) in [5, 5.41) is -0.417. The Kier molecular flexibility index (Phi) is 4.08. The third-order valence-corrected chi connectivity index (χ3v) is 2.45. The molecule has 1 atom stereocenters. The van der Waals surface area contributed by atoms with E-state index in [0.29, 0.717) is 18.4 Å². The summed E-state index contributed by atoms with van der Waals surface area (Å²) in [4.78, 5) is 10.7. The summed E-state index contributed by atoms with van der Waals surface area (Å²) in [6, 6.07) is 6.38. The van der Waals surface area contributed by atoms with Gasteiger partial charge in [-0.1, -0.05) is 18.2 Å². The molecule has 0 bridgehead atoms. The summed E-state index contributed by atoms with van der Waals surface area (Å²) in [6.07, 6.45) is 0.875. The van der Waals surface area contributed by atoms with Crippen molar-refractivity contribution in [3.8, 4) is 0 Å². The van der Waals surface area contributed by atoms with Crippen LogP contribution in [0.2, 0.25) is 0 Å². The number of Topliss-reactive ketones (excluding diaryl/α,β-unsaturated/α-hetero) is 1. The van der Waals surface area contributed by atoms with Crippen LogP contribution in [-0.2, 0) is 4.79 Å². The third-order valence-electron chi connectivity index (χ3n) is 1.99. The Morgan fingerprint density at radius 1 is 1.50 bits per heavy atom. The summed E-state index contributed by atoms with van der Waals surface area (Å²) >= 11 is 5.96. The number of ketones is 1. The molecule has 0 heterocycles. The van der Waals surface area contributed by atoms with E-state index in [1.54, 1.807) is 18.2 Å². The van der Waals surface area contributed by atoms with Crippen LogP contribution in [0.3, 0.4) is 0 Å². The standard InChI is InChI=1S/C11H12ClFO/c1-8(14)6-7-10(12)9-4-2-3-5-11(9)13/h2-5,10H,6-7H2,1H3. The highest BCUT2D eigenvalue weighted by Crippen LogP contribution is 2.27. The van der Waals surface area contributed by atoms with E-state index in [1.165, 1.54) is 13.0 Å². The second-order valence-electron chi connectivity index (χ2n) is 3.23. The van der Waals surface area contributed by atoms with Crippen LogP contribution in [0.4, 0.5) is 4.39 Å². The van der Waals surface area contributed by atoms with Crippen LogP contribution in [0, 0.1) is 5.82 Å². The fraction of sp³-hybridized carbons (Fsp3) is 0.364. The van der Waals surface area contributed by atoms with Gasteiger partial charge in [0.2, 0.25) is 0 Å². The van der Waals surface area contributed by atoms with Gasteiger partial charge < -0.3 is 4.79 Å². The topological polar surface area (TPSA) is 17.1 Å². The normalized spacial score (nSPS) is 12.5. The van der Waals surface area contributed by atoms with Crippen molar-refractivity contribution >= 4 is 17.4 Å². The second kappa shape index (κ2) is 5.11. The number of carbonyl (C=O) groups is 1. The molecule has 14 heavy (non-hydrogen) atoms. The molecule has 0 fully saturated rings. The molecule has 0 aliphatic carbocycles. The summed E-state index contributed by atoms with van der Waals surface area (Å²) < 4.78 is 13.2. The van der Waals surface area contributed by atoms with Gasteiger partial charge >= 0.3 is 0 Å². The summed E-state index contributed by atoms with van der Waals surface area (Å²) in [5.74, 6) is -0.233. The maximum atomic E-state index is 13.2. The molecule has 3 heteroatoms.